The molecule has 0 N–H and O–H groups in total. The van der Waals surface area contributed by atoms with E-state index in [1.54, 1.807) is 39.0 Å². The van der Waals surface area contributed by atoms with Crippen LogP contribution in [0.5, 0.6) is 5.75 Å². The molecule has 0 fully saturated rings. The predicted octanol–water partition coefficient (Wildman–Crippen LogP) is 3.14. The Balaban J connectivity index is 2.65. The maximum Gasteiger partial charge on any atom is 0.327 e. The first kappa shape index (κ1) is 22.2. The molecule has 0 atom stereocenters. The first-order valence-corrected chi connectivity index (χ1v) is 10.3. The predicted molar refractivity (Wildman–Crippen MR) is 106 cm³/mol. The van der Waals surface area contributed by atoms with Crippen molar-refractivity contribution in [2.45, 2.75) is 31.8 Å². The number of rotatable bonds is 9. The molecule has 0 radical (unpaired) electrons. The molecule has 0 unspecified atom stereocenters. The van der Waals surface area contributed by atoms with Crippen LogP contribution in [-0.2, 0) is 19.6 Å². The van der Waals surface area contributed by atoms with Gasteiger partial charge in [0.15, 0.2) is 4.90 Å². The van der Waals surface area contributed by atoms with E-state index in [1.165, 1.54) is 18.2 Å². The van der Waals surface area contributed by atoms with Crippen LogP contribution in [0.15, 0.2) is 53.4 Å². The lowest BCUT2D eigenvalue weighted by atomic mass is 10.3. The molecule has 156 valence electrons. The molecule has 0 bridgehead atoms. The van der Waals surface area contributed by atoms with E-state index in [0.717, 1.165) is 16.4 Å². The maximum atomic E-state index is 13.4. The number of hydrogen-bond acceptors (Lipinski definition) is 7. The van der Waals surface area contributed by atoms with Crippen molar-refractivity contribution >= 4 is 27.4 Å². The summed E-state index contributed by atoms with van der Waals surface area (Å²) in [6.07, 6.45) is -0.458. The number of nitrogens with zero attached hydrogens (tertiary/aromatic N) is 2. The van der Waals surface area contributed by atoms with Gasteiger partial charge in [-0.05, 0) is 39.0 Å². The maximum absolute atomic E-state index is 13.4. The third kappa shape index (κ3) is 5.23. The normalized spacial score (nSPS) is 11.2. The number of carbonyl (C=O) groups is 1. The van der Waals surface area contributed by atoms with Crippen LogP contribution < -0.4 is 9.04 Å². The largest absolute Gasteiger partial charge is 0.492 e. The van der Waals surface area contributed by atoms with Gasteiger partial charge in [0.05, 0.1) is 23.3 Å². The SMILES string of the molecule is CCOc1ccccc1N(CC(=O)OC(C)C)S(=O)(=O)c1ccccc1[N+](=O)[O-]. The highest BCUT2D eigenvalue weighted by Crippen LogP contribution is 2.35. The molecule has 0 aromatic heterocycles. The van der Waals surface area contributed by atoms with Gasteiger partial charge in [0, 0.05) is 6.07 Å². The number of anilines is 1. The van der Waals surface area contributed by atoms with Crippen molar-refractivity contribution in [1.29, 1.82) is 0 Å². The lowest BCUT2D eigenvalue weighted by Crippen LogP contribution is -2.37. The van der Waals surface area contributed by atoms with Crippen LogP contribution in [0.25, 0.3) is 0 Å². The van der Waals surface area contributed by atoms with E-state index in [2.05, 4.69) is 0 Å². The minimum atomic E-state index is -4.49. The summed E-state index contributed by atoms with van der Waals surface area (Å²) in [4.78, 5) is 22.4. The van der Waals surface area contributed by atoms with Crippen molar-refractivity contribution in [2.24, 2.45) is 0 Å². The molecule has 0 heterocycles. The van der Waals surface area contributed by atoms with Crippen molar-refractivity contribution < 1.29 is 27.6 Å². The van der Waals surface area contributed by atoms with Crippen LogP contribution in [0.4, 0.5) is 11.4 Å². The van der Waals surface area contributed by atoms with Gasteiger partial charge in [0.1, 0.15) is 12.3 Å². The summed E-state index contributed by atoms with van der Waals surface area (Å²) in [7, 11) is -4.49. The number of para-hydroxylation sites is 3. The van der Waals surface area contributed by atoms with E-state index in [4.69, 9.17) is 9.47 Å². The molecule has 0 spiro atoms. The van der Waals surface area contributed by atoms with Gasteiger partial charge in [-0.25, -0.2) is 8.42 Å². The van der Waals surface area contributed by atoms with Crippen LogP contribution >= 0.6 is 0 Å². The number of esters is 1. The summed E-state index contributed by atoms with van der Waals surface area (Å²) < 4.78 is 38.1. The molecule has 2 rings (SSSR count). The summed E-state index contributed by atoms with van der Waals surface area (Å²) in [5.41, 5.74) is -0.517. The standard InChI is InChI=1S/C19H22N2O7S/c1-4-27-17-11-7-5-9-15(17)20(13-19(22)28-14(2)3)29(25,26)18-12-8-6-10-16(18)21(23)24/h5-12,14H,4,13H2,1-3H3. The minimum absolute atomic E-state index is 0.0770. The Kier molecular flexibility index (Phi) is 7.16. The number of ether oxygens (including phenoxy) is 2. The van der Waals surface area contributed by atoms with E-state index in [9.17, 15) is 23.3 Å². The average Bonchev–Trinajstić information content (AvgIpc) is 2.66. The van der Waals surface area contributed by atoms with Crippen molar-refractivity contribution in [3.63, 3.8) is 0 Å². The Labute approximate surface area is 169 Å². The first-order valence-electron chi connectivity index (χ1n) is 8.86. The molecule has 0 aliphatic carbocycles. The Morgan fingerprint density at radius 1 is 1.14 bits per heavy atom. The Morgan fingerprint density at radius 3 is 2.38 bits per heavy atom. The highest BCUT2D eigenvalue weighted by atomic mass is 32.2. The zero-order chi connectivity index (χ0) is 21.6. The molecule has 2 aromatic carbocycles. The molecule has 0 aliphatic heterocycles. The van der Waals surface area contributed by atoms with Crippen LogP contribution in [0.3, 0.4) is 0 Å². The summed E-state index contributed by atoms with van der Waals surface area (Å²) >= 11 is 0. The number of benzene rings is 2. The molecule has 10 heteroatoms. The molecule has 9 nitrogen and oxygen atoms in total. The zero-order valence-electron chi connectivity index (χ0n) is 16.3. The number of hydrogen-bond donors (Lipinski definition) is 0. The molecular formula is C19H22N2O7S. The van der Waals surface area contributed by atoms with Crippen molar-refractivity contribution in [1.82, 2.24) is 0 Å². The number of nitro groups is 1. The Hall–Kier alpha value is -3.14. The van der Waals surface area contributed by atoms with Crippen LogP contribution in [0.2, 0.25) is 0 Å². The smallest absolute Gasteiger partial charge is 0.327 e. The van der Waals surface area contributed by atoms with Crippen LogP contribution in [0.1, 0.15) is 20.8 Å². The number of sulfonamides is 1. The second-order valence-electron chi connectivity index (χ2n) is 6.18. The van der Waals surface area contributed by atoms with E-state index >= 15 is 0 Å². The zero-order valence-corrected chi connectivity index (χ0v) is 17.1. The topological polar surface area (TPSA) is 116 Å². The van der Waals surface area contributed by atoms with Crippen molar-refractivity contribution in [2.75, 3.05) is 17.5 Å². The van der Waals surface area contributed by atoms with E-state index in [-0.39, 0.29) is 18.0 Å². The first-order chi connectivity index (χ1) is 13.7. The quantitative estimate of drug-likeness (QED) is 0.346. The van der Waals surface area contributed by atoms with Gasteiger partial charge in [-0.3, -0.25) is 19.2 Å². The molecule has 0 saturated carbocycles. The van der Waals surface area contributed by atoms with Gasteiger partial charge in [0.25, 0.3) is 15.7 Å². The van der Waals surface area contributed by atoms with Gasteiger partial charge >= 0.3 is 5.97 Å². The Bertz CT molecular complexity index is 990. The van der Waals surface area contributed by atoms with Crippen LogP contribution in [-0.4, -0.2) is 38.6 Å². The van der Waals surface area contributed by atoms with Gasteiger partial charge in [-0.1, -0.05) is 24.3 Å². The van der Waals surface area contributed by atoms with E-state index in [0.29, 0.717) is 0 Å². The Morgan fingerprint density at radius 2 is 1.76 bits per heavy atom. The second-order valence-corrected chi connectivity index (χ2v) is 8.01. The number of carbonyl (C=O) groups excluding carboxylic acids is 1. The van der Waals surface area contributed by atoms with Gasteiger partial charge < -0.3 is 9.47 Å². The molecule has 0 saturated heterocycles. The summed E-state index contributed by atoms with van der Waals surface area (Å²) in [6.45, 7) is 4.58. The van der Waals surface area contributed by atoms with Gasteiger partial charge in [0.2, 0.25) is 0 Å². The fourth-order valence-corrected chi connectivity index (χ4v) is 4.18. The van der Waals surface area contributed by atoms with Crippen molar-refractivity contribution in [3.8, 4) is 5.75 Å². The van der Waals surface area contributed by atoms with E-state index in [1.807, 2.05) is 0 Å². The third-order valence-corrected chi connectivity index (χ3v) is 5.51. The van der Waals surface area contributed by atoms with Gasteiger partial charge in [-0.2, -0.15) is 0 Å². The lowest BCUT2D eigenvalue weighted by Gasteiger charge is -2.25. The minimum Gasteiger partial charge on any atom is -0.492 e. The van der Waals surface area contributed by atoms with Crippen molar-refractivity contribution in [3.05, 3.63) is 58.6 Å². The molecule has 29 heavy (non-hydrogen) atoms. The average molecular weight is 422 g/mol. The third-order valence-electron chi connectivity index (χ3n) is 3.70. The second kappa shape index (κ2) is 9.37. The highest BCUT2D eigenvalue weighted by Gasteiger charge is 2.35. The number of nitro benzene ring substituents is 1. The highest BCUT2D eigenvalue weighted by molar-refractivity contribution is 7.93. The van der Waals surface area contributed by atoms with E-state index < -0.39 is 44.1 Å². The fourth-order valence-electron chi connectivity index (χ4n) is 2.60. The summed E-state index contributed by atoms with van der Waals surface area (Å²) in [6, 6.07) is 11.2. The molecular weight excluding hydrogens is 400 g/mol. The summed E-state index contributed by atoms with van der Waals surface area (Å²) in [5, 5.41) is 11.4. The summed E-state index contributed by atoms with van der Waals surface area (Å²) in [5.74, 6) is -0.581. The molecule has 0 aliphatic rings. The monoisotopic (exact) mass is 422 g/mol. The molecule has 2 aromatic rings. The lowest BCUT2D eigenvalue weighted by molar-refractivity contribution is -0.387. The molecule has 0 amide bonds. The van der Waals surface area contributed by atoms with Crippen LogP contribution in [0, 0.1) is 10.1 Å². The fraction of sp³-hybridized carbons (Fsp3) is 0.316. The van der Waals surface area contributed by atoms with Gasteiger partial charge in [-0.15, -0.1) is 0 Å².